The number of benzene rings is 1. The Labute approximate surface area is 120 Å². The van der Waals surface area contributed by atoms with Gasteiger partial charge in [-0.15, -0.1) is 6.58 Å². The fourth-order valence-corrected chi connectivity index (χ4v) is 1.89. The fraction of sp³-hybridized carbons (Fsp3) is 0.167. The summed E-state index contributed by atoms with van der Waals surface area (Å²) in [7, 11) is 1.54. The van der Waals surface area contributed by atoms with E-state index in [-0.39, 0.29) is 21.3 Å². The van der Waals surface area contributed by atoms with Gasteiger partial charge in [-0.2, -0.15) is 0 Å². The van der Waals surface area contributed by atoms with E-state index in [1.807, 2.05) is 0 Å². The average Bonchev–Trinajstić information content (AvgIpc) is 2.32. The minimum Gasteiger partial charge on any atom is -0.478 e. The lowest BCUT2D eigenvalue weighted by Crippen LogP contribution is -2.32. The molecular formula is C12H12Cl2N2O3. The molecule has 1 rings (SSSR count). The number of aromatic carboxylic acids is 1. The van der Waals surface area contributed by atoms with E-state index in [0.717, 1.165) is 0 Å². The number of carbonyl (C=O) groups excluding carboxylic acids is 1. The summed E-state index contributed by atoms with van der Waals surface area (Å²) in [5.41, 5.74) is -0.155. The van der Waals surface area contributed by atoms with Crippen molar-refractivity contribution in [2.24, 2.45) is 0 Å². The van der Waals surface area contributed by atoms with Crippen LogP contribution >= 0.6 is 23.2 Å². The molecular weight excluding hydrogens is 291 g/mol. The Hall–Kier alpha value is -1.72. The summed E-state index contributed by atoms with van der Waals surface area (Å²) in [5, 5.41) is 11.8. The van der Waals surface area contributed by atoms with Crippen molar-refractivity contribution < 1.29 is 14.7 Å². The van der Waals surface area contributed by atoms with Gasteiger partial charge in [-0.3, -0.25) is 0 Å². The highest BCUT2D eigenvalue weighted by molar-refractivity contribution is 6.37. The van der Waals surface area contributed by atoms with Crippen molar-refractivity contribution in [2.45, 2.75) is 0 Å². The van der Waals surface area contributed by atoms with Crippen LogP contribution < -0.4 is 5.32 Å². The molecule has 0 aliphatic heterocycles. The van der Waals surface area contributed by atoms with Gasteiger partial charge >= 0.3 is 12.0 Å². The Morgan fingerprint density at radius 3 is 2.63 bits per heavy atom. The Morgan fingerprint density at radius 2 is 2.11 bits per heavy atom. The summed E-state index contributed by atoms with van der Waals surface area (Å²) in [6, 6.07) is 2.09. The SMILES string of the molecule is C=CCN(C)C(=O)Nc1c(Cl)cc(Cl)cc1C(=O)O. The van der Waals surface area contributed by atoms with Gasteiger partial charge in [-0.1, -0.05) is 29.3 Å². The molecule has 0 spiro atoms. The number of carboxylic acids is 1. The second-order valence-corrected chi connectivity index (χ2v) is 4.56. The number of carbonyl (C=O) groups is 2. The molecule has 19 heavy (non-hydrogen) atoms. The van der Waals surface area contributed by atoms with Crippen LogP contribution in [0.1, 0.15) is 10.4 Å². The van der Waals surface area contributed by atoms with Gasteiger partial charge in [-0.05, 0) is 12.1 Å². The summed E-state index contributed by atoms with van der Waals surface area (Å²) in [5.74, 6) is -1.23. The first-order valence-corrected chi connectivity index (χ1v) is 5.97. The highest BCUT2D eigenvalue weighted by Crippen LogP contribution is 2.30. The van der Waals surface area contributed by atoms with E-state index in [9.17, 15) is 9.59 Å². The fourth-order valence-electron chi connectivity index (χ4n) is 1.35. The number of halogens is 2. The number of urea groups is 1. The lowest BCUT2D eigenvalue weighted by Gasteiger charge is -2.17. The third kappa shape index (κ3) is 3.87. The summed E-state index contributed by atoms with van der Waals surface area (Å²) >= 11 is 11.6. The number of amides is 2. The molecule has 0 aromatic heterocycles. The van der Waals surface area contributed by atoms with Crippen LogP contribution in [0.4, 0.5) is 10.5 Å². The van der Waals surface area contributed by atoms with Crippen LogP contribution in [0.25, 0.3) is 0 Å². The van der Waals surface area contributed by atoms with Crippen molar-refractivity contribution in [3.8, 4) is 0 Å². The topological polar surface area (TPSA) is 69.6 Å². The van der Waals surface area contributed by atoms with E-state index < -0.39 is 12.0 Å². The first-order chi connectivity index (χ1) is 8.86. The number of likely N-dealkylation sites (N-methyl/N-ethyl adjacent to an activating group) is 1. The number of anilines is 1. The summed E-state index contributed by atoms with van der Waals surface area (Å²) in [6.45, 7) is 3.82. The molecule has 0 heterocycles. The van der Waals surface area contributed by atoms with E-state index in [4.69, 9.17) is 28.3 Å². The molecule has 0 saturated carbocycles. The van der Waals surface area contributed by atoms with Gasteiger partial charge in [0.1, 0.15) is 0 Å². The lowest BCUT2D eigenvalue weighted by molar-refractivity contribution is 0.0698. The smallest absolute Gasteiger partial charge is 0.337 e. The maximum absolute atomic E-state index is 11.8. The molecule has 1 aromatic rings. The Kier molecular flexibility index (Phi) is 5.20. The predicted octanol–water partition coefficient (Wildman–Crippen LogP) is 3.34. The van der Waals surface area contributed by atoms with E-state index in [2.05, 4.69) is 11.9 Å². The quantitative estimate of drug-likeness (QED) is 0.838. The standard InChI is InChI=1S/C12H12Cl2N2O3/c1-3-4-16(2)12(19)15-10-8(11(17)18)5-7(13)6-9(10)14/h3,5-6H,1,4H2,2H3,(H,15,19)(H,17,18). The monoisotopic (exact) mass is 302 g/mol. The second kappa shape index (κ2) is 6.45. The van der Waals surface area contributed by atoms with E-state index >= 15 is 0 Å². The highest BCUT2D eigenvalue weighted by Gasteiger charge is 2.18. The largest absolute Gasteiger partial charge is 0.478 e. The van der Waals surface area contributed by atoms with Gasteiger partial charge in [-0.25, -0.2) is 9.59 Å². The molecule has 2 N–H and O–H groups in total. The van der Waals surface area contributed by atoms with Crippen molar-refractivity contribution in [3.05, 3.63) is 40.4 Å². The normalized spacial score (nSPS) is 9.84. The molecule has 0 aliphatic carbocycles. The van der Waals surface area contributed by atoms with Crippen LogP contribution in [0, 0.1) is 0 Å². The minimum atomic E-state index is -1.23. The molecule has 102 valence electrons. The third-order valence-electron chi connectivity index (χ3n) is 2.27. The van der Waals surface area contributed by atoms with Crippen molar-refractivity contribution in [2.75, 3.05) is 18.9 Å². The lowest BCUT2D eigenvalue weighted by atomic mass is 10.2. The van der Waals surface area contributed by atoms with Gasteiger partial charge in [0.25, 0.3) is 0 Å². The average molecular weight is 303 g/mol. The minimum absolute atomic E-state index is 0.0134. The van der Waals surface area contributed by atoms with Crippen LogP contribution in [0.2, 0.25) is 10.0 Å². The summed E-state index contributed by atoms with van der Waals surface area (Å²) < 4.78 is 0. The van der Waals surface area contributed by atoms with Gasteiger partial charge < -0.3 is 15.3 Å². The first-order valence-electron chi connectivity index (χ1n) is 5.22. The number of rotatable bonds is 4. The molecule has 5 nitrogen and oxygen atoms in total. The molecule has 0 saturated heterocycles. The van der Waals surface area contributed by atoms with Crippen LogP contribution in [-0.4, -0.2) is 35.6 Å². The zero-order valence-corrected chi connectivity index (χ0v) is 11.6. The van der Waals surface area contributed by atoms with Crippen LogP contribution in [0.3, 0.4) is 0 Å². The molecule has 2 amide bonds. The summed E-state index contributed by atoms with van der Waals surface area (Å²) in [6.07, 6.45) is 1.54. The molecule has 0 radical (unpaired) electrons. The molecule has 7 heteroatoms. The molecule has 0 unspecified atom stereocenters. The first kappa shape index (κ1) is 15.3. The molecule has 0 bridgehead atoms. The van der Waals surface area contributed by atoms with Gasteiger partial charge in [0, 0.05) is 18.6 Å². The molecule has 0 atom stereocenters. The van der Waals surface area contributed by atoms with Gasteiger partial charge in [0.05, 0.1) is 16.3 Å². The second-order valence-electron chi connectivity index (χ2n) is 3.71. The van der Waals surface area contributed by atoms with Gasteiger partial charge in [0.15, 0.2) is 0 Å². The van der Waals surface area contributed by atoms with Crippen LogP contribution in [0.5, 0.6) is 0 Å². The highest BCUT2D eigenvalue weighted by atomic mass is 35.5. The third-order valence-corrected chi connectivity index (χ3v) is 2.78. The Bertz CT molecular complexity index is 532. The van der Waals surface area contributed by atoms with Crippen LogP contribution in [-0.2, 0) is 0 Å². The molecule has 1 aromatic carbocycles. The predicted molar refractivity (Wildman–Crippen MR) is 75.3 cm³/mol. The van der Waals surface area contributed by atoms with Crippen molar-refractivity contribution in [1.29, 1.82) is 0 Å². The molecule has 0 aliphatic rings. The number of hydrogen-bond donors (Lipinski definition) is 2. The molecule has 0 fully saturated rings. The maximum atomic E-state index is 11.8. The zero-order chi connectivity index (χ0) is 14.6. The number of nitrogens with one attached hydrogen (secondary N) is 1. The van der Waals surface area contributed by atoms with Crippen molar-refractivity contribution in [1.82, 2.24) is 4.90 Å². The zero-order valence-electron chi connectivity index (χ0n) is 10.1. The van der Waals surface area contributed by atoms with E-state index in [1.165, 1.54) is 17.0 Å². The Morgan fingerprint density at radius 1 is 1.47 bits per heavy atom. The van der Waals surface area contributed by atoms with Crippen molar-refractivity contribution in [3.63, 3.8) is 0 Å². The van der Waals surface area contributed by atoms with Gasteiger partial charge in [0.2, 0.25) is 0 Å². The maximum Gasteiger partial charge on any atom is 0.337 e. The van der Waals surface area contributed by atoms with E-state index in [1.54, 1.807) is 13.1 Å². The number of carboxylic acid groups (broad SMARTS) is 1. The Balaban J connectivity index is 3.10. The summed E-state index contributed by atoms with van der Waals surface area (Å²) in [4.78, 5) is 24.2. The van der Waals surface area contributed by atoms with Crippen molar-refractivity contribution >= 4 is 40.9 Å². The van der Waals surface area contributed by atoms with E-state index in [0.29, 0.717) is 6.54 Å². The number of hydrogen-bond acceptors (Lipinski definition) is 2. The van der Waals surface area contributed by atoms with Crippen LogP contribution in [0.15, 0.2) is 24.8 Å². The number of nitrogens with zero attached hydrogens (tertiary/aromatic N) is 1.